The highest BCUT2D eigenvalue weighted by molar-refractivity contribution is 6.29. The zero-order valence-corrected chi connectivity index (χ0v) is 12.7. The average molecular weight is 305 g/mol. The van der Waals surface area contributed by atoms with Crippen LogP contribution in [-0.4, -0.2) is 21.4 Å². The minimum Gasteiger partial charge on any atom is -0.370 e. The molecule has 2 rings (SSSR count). The van der Waals surface area contributed by atoms with Crippen LogP contribution < -0.4 is 11.1 Å². The van der Waals surface area contributed by atoms with Gasteiger partial charge in [-0.15, -0.1) is 0 Å². The summed E-state index contributed by atoms with van der Waals surface area (Å²) < 4.78 is 0. The number of benzene rings is 1. The first-order valence-corrected chi connectivity index (χ1v) is 6.90. The lowest BCUT2D eigenvalue weighted by Gasteiger charge is -2.25. The number of rotatable bonds is 5. The number of halogens is 1. The maximum Gasteiger partial charge on any atom is 0.219 e. The average Bonchev–Trinajstić information content (AvgIpc) is 2.36. The van der Waals surface area contributed by atoms with Crippen LogP contribution in [0.3, 0.4) is 0 Å². The summed E-state index contributed by atoms with van der Waals surface area (Å²) >= 11 is 6.05. The first-order valence-electron chi connectivity index (χ1n) is 6.52. The predicted octanol–water partition coefficient (Wildman–Crippen LogP) is 2.86. The molecule has 1 heterocycles. The van der Waals surface area contributed by atoms with Gasteiger partial charge in [-0.05, 0) is 13.8 Å². The molecule has 0 spiro atoms. The Morgan fingerprint density at radius 1 is 1.29 bits per heavy atom. The number of anilines is 1. The van der Waals surface area contributed by atoms with Gasteiger partial charge in [0, 0.05) is 23.6 Å². The Morgan fingerprint density at radius 2 is 1.95 bits per heavy atom. The molecule has 0 unspecified atom stereocenters. The smallest absolute Gasteiger partial charge is 0.219 e. The SMILES string of the molecule is CC(C)(CC(N)=O)Nc1cc(Cl)nc(-c2ccccc2)n1. The third-order valence-corrected chi connectivity index (χ3v) is 3.00. The molecule has 0 bridgehead atoms. The molecule has 0 radical (unpaired) electrons. The van der Waals surface area contributed by atoms with E-state index in [2.05, 4.69) is 15.3 Å². The Hall–Kier alpha value is -2.14. The van der Waals surface area contributed by atoms with Gasteiger partial charge in [0.1, 0.15) is 11.0 Å². The largest absolute Gasteiger partial charge is 0.370 e. The van der Waals surface area contributed by atoms with E-state index >= 15 is 0 Å². The van der Waals surface area contributed by atoms with Crippen molar-refractivity contribution in [1.29, 1.82) is 0 Å². The molecule has 1 amide bonds. The Kier molecular flexibility index (Phi) is 4.43. The van der Waals surface area contributed by atoms with E-state index in [1.807, 2.05) is 44.2 Å². The number of nitrogens with one attached hydrogen (secondary N) is 1. The lowest BCUT2D eigenvalue weighted by Crippen LogP contribution is -2.36. The summed E-state index contributed by atoms with van der Waals surface area (Å²) in [5, 5.41) is 3.50. The molecule has 0 aliphatic rings. The van der Waals surface area contributed by atoms with E-state index in [9.17, 15) is 4.79 Å². The van der Waals surface area contributed by atoms with Gasteiger partial charge < -0.3 is 11.1 Å². The van der Waals surface area contributed by atoms with E-state index < -0.39 is 5.54 Å². The molecule has 0 saturated carbocycles. The van der Waals surface area contributed by atoms with E-state index in [0.717, 1.165) is 5.56 Å². The van der Waals surface area contributed by atoms with Crippen molar-refractivity contribution < 1.29 is 4.79 Å². The lowest BCUT2D eigenvalue weighted by atomic mass is 10.0. The Bertz CT molecular complexity index is 643. The molecule has 0 aliphatic heterocycles. The van der Waals surface area contributed by atoms with E-state index in [0.29, 0.717) is 16.8 Å². The van der Waals surface area contributed by atoms with Gasteiger partial charge >= 0.3 is 0 Å². The third-order valence-electron chi connectivity index (χ3n) is 2.81. The van der Waals surface area contributed by atoms with Crippen molar-refractivity contribution in [3.05, 3.63) is 41.6 Å². The molecule has 110 valence electrons. The Labute approximate surface area is 128 Å². The van der Waals surface area contributed by atoms with Crippen LogP contribution in [0.5, 0.6) is 0 Å². The van der Waals surface area contributed by atoms with Crippen molar-refractivity contribution in [2.45, 2.75) is 25.8 Å². The summed E-state index contributed by atoms with van der Waals surface area (Å²) in [5.41, 5.74) is 5.60. The van der Waals surface area contributed by atoms with Gasteiger partial charge in [0.15, 0.2) is 5.82 Å². The van der Waals surface area contributed by atoms with Crippen LogP contribution in [0.15, 0.2) is 36.4 Å². The second-order valence-electron chi connectivity index (χ2n) is 5.42. The van der Waals surface area contributed by atoms with Gasteiger partial charge in [0.2, 0.25) is 5.91 Å². The van der Waals surface area contributed by atoms with Crippen molar-refractivity contribution in [3.8, 4) is 11.4 Å². The number of carbonyl (C=O) groups excluding carboxylic acids is 1. The van der Waals surface area contributed by atoms with E-state index in [1.165, 1.54) is 0 Å². The van der Waals surface area contributed by atoms with Crippen molar-refractivity contribution in [3.63, 3.8) is 0 Å². The van der Waals surface area contributed by atoms with Gasteiger partial charge in [-0.25, -0.2) is 9.97 Å². The van der Waals surface area contributed by atoms with Gasteiger partial charge in [-0.3, -0.25) is 4.79 Å². The van der Waals surface area contributed by atoms with Crippen LogP contribution in [-0.2, 0) is 4.79 Å². The number of nitrogens with two attached hydrogens (primary N) is 1. The zero-order valence-electron chi connectivity index (χ0n) is 11.9. The number of hydrogen-bond acceptors (Lipinski definition) is 4. The van der Waals surface area contributed by atoms with Gasteiger partial charge in [0.25, 0.3) is 0 Å². The first kappa shape index (κ1) is 15.3. The van der Waals surface area contributed by atoms with E-state index in [-0.39, 0.29) is 12.3 Å². The maximum atomic E-state index is 11.1. The highest BCUT2D eigenvalue weighted by Gasteiger charge is 2.21. The Morgan fingerprint density at radius 3 is 2.57 bits per heavy atom. The molecule has 1 aromatic heterocycles. The highest BCUT2D eigenvalue weighted by Crippen LogP contribution is 2.23. The third kappa shape index (κ3) is 4.43. The van der Waals surface area contributed by atoms with Crippen molar-refractivity contribution in [2.75, 3.05) is 5.32 Å². The molecule has 6 heteroatoms. The summed E-state index contributed by atoms with van der Waals surface area (Å²) in [4.78, 5) is 19.7. The molecule has 5 nitrogen and oxygen atoms in total. The fourth-order valence-electron chi connectivity index (χ4n) is 2.02. The monoisotopic (exact) mass is 304 g/mol. The summed E-state index contributed by atoms with van der Waals surface area (Å²) in [6.07, 6.45) is 0.190. The normalized spacial score (nSPS) is 11.2. The van der Waals surface area contributed by atoms with E-state index in [1.54, 1.807) is 6.07 Å². The highest BCUT2D eigenvalue weighted by atomic mass is 35.5. The van der Waals surface area contributed by atoms with Crippen LogP contribution in [0.4, 0.5) is 5.82 Å². The van der Waals surface area contributed by atoms with Crippen molar-refractivity contribution in [2.24, 2.45) is 5.73 Å². The summed E-state index contributed by atoms with van der Waals surface area (Å²) in [6, 6.07) is 11.2. The molecule has 1 aromatic carbocycles. The zero-order chi connectivity index (χ0) is 15.5. The fraction of sp³-hybridized carbons (Fsp3) is 0.267. The molecule has 3 N–H and O–H groups in total. The number of carbonyl (C=O) groups is 1. The van der Waals surface area contributed by atoms with Crippen LogP contribution in [0.2, 0.25) is 5.15 Å². The van der Waals surface area contributed by atoms with Crippen molar-refractivity contribution in [1.82, 2.24) is 9.97 Å². The summed E-state index contributed by atoms with van der Waals surface area (Å²) in [7, 11) is 0. The minimum atomic E-state index is -0.516. The van der Waals surface area contributed by atoms with Gasteiger partial charge in [-0.2, -0.15) is 0 Å². The van der Waals surface area contributed by atoms with Crippen LogP contribution in [0.25, 0.3) is 11.4 Å². The van der Waals surface area contributed by atoms with Crippen LogP contribution in [0.1, 0.15) is 20.3 Å². The molecule has 0 atom stereocenters. The molecular formula is C15H17ClN4O. The molecule has 0 fully saturated rings. The molecule has 0 aliphatic carbocycles. The van der Waals surface area contributed by atoms with Crippen LogP contribution >= 0.6 is 11.6 Å². The first-order chi connectivity index (χ1) is 9.85. The number of amides is 1. The quantitative estimate of drug-likeness (QED) is 0.832. The second-order valence-corrected chi connectivity index (χ2v) is 5.80. The molecular weight excluding hydrogens is 288 g/mol. The van der Waals surface area contributed by atoms with Crippen molar-refractivity contribution >= 4 is 23.3 Å². The predicted molar refractivity (Wildman–Crippen MR) is 84.0 cm³/mol. The second kappa shape index (κ2) is 6.10. The summed E-state index contributed by atoms with van der Waals surface area (Å²) in [5.74, 6) is 0.705. The maximum absolute atomic E-state index is 11.1. The topological polar surface area (TPSA) is 80.9 Å². The molecule has 21 heavy (non-hydrogen) atoms. The number of hydrogen-bond donors (Lipinski definition) is 2. The lowest BCUT2D eigenvalue weighted by molar-refractivity contribution is -0.118. The standard InChI is InChI=1S/C15H17ClN4O/c1-15(2,9-12(17)21)20-13-8-11(16)18-14(19-13)10-6-4-3-5-7-10/h3-8H,9H2,1-2H3,(H2,17,21)(H,18,19,20). The molecule has 0 saturated heterocycles. The van der Waals surface area contributed by atoms with E-state index in [4.69, 9.17) is 17.3 Å². The van der Waals surface area contributed by atoms with Gasteiger partial charge in [-0.1, -0.05) is 41.9 Å². The molecule has 2 aromatic rings. The van der Waals surface area contributed by atoms with Gasteiger partial charge in [0.05, 0.1) is 0 Å². The number of aromatic nitrogens is 2. The Balaban J connectivity index is 2.30. The van der Waals surface area contributed by atoms with Crippen LogP contribution in [0, 0.1) is 0 Å². The number of primary amides is 1. The summed E-state index contributed by atoms with van der Waals surface area (Å²) in [6.45, 7) is 3.74. The fourth-order valence-corrected chi connectivity index (χ4v) is 2.21. The number of nitrogens with zero attached hydrogens (tertiary/aromatic N) is 2. The minimum absolute atomic E-state index is 0.190.